The van der Waals surface area contributed by atoms with Crippen LogP contribution >= 0.6 is 23.2 Å². The molecule has 5 N–H and O–H groups in total. The van der Waals surface area contributed by atoms with Crippen LogP contribution in [0.2, 0.25) is 10.0 Å². The van der Waals surface area contributed by atoms with E-state index < -0.39 is 18.1 Å². The average molecular weight is 713 g/mol. The topological polar surface area (TPSA) is 160 Å². The molecule has 0 unspecified atom stereocenters. The van der Waals surface area contributed by atoms with Crippen LogP contribution < -0.4 is 16.0 Å². The van der Waals surface area contributed by atoms with Gasteiger partial charge in [0, 0.05) is 44.0 Å². The number of benzene rings is 2. The van der Waals surface area contributed by atoms with E-state index in [0.29, 0.717) is 6.54 Å². The number of hydrogen-bond acceptors (Lipinski definition) is 7. The molecule has 3 aromatic rings. The van der Waals surface area contributed by atoms with Crippen molar-refractivity contribution < 1.29 is 37.5 Å². The predicted molar refractivity (Wildman–Crippen MR) is 175 cm³/mol. The summed E-state index contributed by atoms with van der Waals surface area (Å²) in [5.74, 6) is -3.81. The number of nitrogens with one attached hydrogen (secondary N) is 4. The molecule has 1 fully saturated rings. The number of alkyl halides is 3. The largest absolute Gasteiger partial charge is 0.490 e. The van der Waals surface area contributed by atoms with Crippen LogP contribution in [0, 0.1) is 0 Å². The van der Waals surface area contributed by atoms with Crippen molar-refractivity contribution in [1.82, 2.24) is 25.3 Å². The number of carboxylic acids is 1. The number of aliphatic carboxylic acids is 1. The molecule has 2 heterocycles. The first kappa shape index (κ1) is 38.0. The molecule has 48 heavy (non-hydrogen) atoms. The van der Waals surface area contributed by atoms with E-state index in [9.17, 15) is 27.6 Å². The summed E-state index contributed by atoms with van der Waals surface area (Å²) in [6.07, 6.45) is 1.19. The molecule has 258 valence electrons. The number of aromatic nitrogens is 2. The van der Waals surface area contributed by atoms with Gasteiger partial charge in [-0.05, 0) is 56.8 Å². The van der Waals surface area contributed by atoms with Gasteiger partial charge < -0.3 is 26.0 Å². The van der Waals surface area contributed by atoms with Crippen molar-refractivity contribution in [3.63, 3.8) is 0 Å². The zero-order chi connectivity index (χ0) is 35.4. The van der Waals surface area contributed by atoms with Crippen LogP contribution in [0.25, 0.3) is 0 Å². The summed E-state index contributed by atoms with van der Waals surface area (Å²) >= 11 is 12.3. The number of nitrogens with zero attached hydrogens (tertiary/aromatic N) is 3. The van der Waals surface area contributed by atoms with E-state index in [1.54, 1.807) is 24.3 Å². The summed E-state index contributed by atoms with van der Waals surface area (Å²) in [5.41, 5.74) is 2.36. The molecule has 0 radical (unpaired) electrons. The van der Waals surface area contributed by atoms with E-state index in [2.05, 4.69) is 31.0 Å². The van der Waals surface area contributed by atoms with Crippen molar-refractivity contribution in [3.8, 4) is 0 Å². The second-order valence-corrected chi connectivity index (χ2v) is 11.7. The second kappa shape index (κ2) is 17.6. The van der Waals surface area contributed by atoms with Crippen molar-refractivity contribution in [3.05, 3.63) is 87.7 Å². The molecule has 1 aromatic heterocycles. The van der Waals surface area contributed by atoms with Crippen LogP contribution in [0.3, 0.4) is 0 Å². The maximum atomic E-state index is 13.0. The highest BCUT2D eigenvalue weighted by Crippen LogP contribution is 2.26. The Morgan fingerprint density at radius 2 is 1.67 bits per heavy atom. The number of rotatable bonds is 10. The Balaban J connectivity index is 0.000000804. The number of H-pyrrole nitrogens is 1. The van der Waals surface area contributed by atoms with Gasteiger partial charge in [0.05, 0.1) is 27.5 Å². The summed E-state index contributed by atoms with van der Waals surface area (Å²) in [4.78, 5) is 51.1. The molecule has 0 aliphatic carbocycles. The van der Waals surface area contributed by atoms with Gasteiger partial charge in [-0.15, -0.1) is 0 Å². The molecular weight excluding hydrogens is 678 g/mol. The highest BCUT2D eigenvalue weighted by molar-refractivity contribution is 6.40. The first-order valence-corrected chi connectivity index (χ1v) is 15.2. The van der Waals surface area contributed by atoms with Crippen LogP contribution in [-0.4, -0.2) is 94.7 Å². The highest BCUT2D eigenvalue weighted by Gasteiger charge is 2.38. The Bertz CT molecular complexity index is 1600. The molecule has 2 aromatic carbocycles. The van der Waals surface area contributed by atoms with E-state index in [4.69, 9.17) is 33.1 Å². The number of carbonyl (C=O) groups is 4. The number of likely N-dealkylation sites (N-methyl/N-ethyl adjacent to an activating group) is 1. The molecule has 1 aliphatic rings. The maximum absolute atomic E-state index is 13.0. The van der Waals surface area contributed by atoms with Crippen LogP contribution in [0.15, 0.2) is 60.8 Å². The van der Waals surface area contributed by atoms with E-state index in [-0.39, 0.29) is 44.8 Å². The summed E-state index contributed by atoms with van der Waals surface area (Å²) < 4.78 is 31.7. The molecular formula is C31H34Cl2F3N7O5. The van der Waals surface area contributed by atoms with E-state index in [0.717, 1.165) is 43.7 Å². The lowest BCUT2D eigenvalue weighted by Crippen LogP contribution is -2.44. The lowest BCUT2D eigenvalue weighted by atomic mass is 10.0. The first-order valence-electron chi connectivity index (χ1n) is 14.5. The lowest BCUT2D eigenvalue weighted by Gasteiger charge is -2.32. The van der Waals surface area contributed by atoms with Crippen LogP contribution in [0.5, 0.6) is 0 Å². The zero-order valence-corrected chi connectivity index (χ0v) is 27.4. The molecule has 0 atom stereocenters. The van der Waals surface area contributed by atoms with Crippen molar-refractivity contribution in [2.24, 2.45) is 0 Å². The molecule has 3 amide bonds. The molecule has 1 saturated heterocycles. The lowest BCUT2D eigenvalue weighted by molar-refractivity contribution is -0.192. The second-order valence-electron chi connectivity index (χ2n) is 10.9. The van der Waals surface area contributed by atoms with Crippen molar-refractivity contribution >= 4 is 58.3 Å². The molecule has 0 saturated carbocycles. The number of carboxylic acid groups (broad SMARTS) is 1. The first-order chi connectivity index (χ1) is 22.6. The van der Waals surface area contributed by atoms with Gasteiger partial charge in [-0.1, -0.05) is 47.5 Å². The van der Waals surface area contributed by atoms with Gasteiger partial charge >= 0.3 is 12.1 Å². The number of aromatic amines is 1. The Morgan fingerprint density at radius 1 is 1.04 bits per heavy atom. The number of piperidine rings is 1. The molecule has 1 aliphatic heterocycles. The Kier molecular flexibility index (Phi) is 14.0. The van der Waals surface area contributed by atoms with Crippen LogP contribution in [0.4, 0.5) is 24.5 Å². The maximum Gasteiger partial charge on any atom is 0.490 e. The fourth-order valence-electron chi connectivity index (χ4n) is 4.51. The summed E-state index contributed by atoms with van der Waals surface area (Å²) in [7, 11) is 3.89. The predicted octanol–water partition coefficient (Wildman–Crippen LogP) is 5.05. The number of halogens is 5. The third-order valence-electron chi connectivity index (χ3n) is 6.81. The minimum Gasteiger partial charge on any atom is -0.475 e. The number of carbonyl (C=O) groups excluding carboxylic acids is 3. The molecule has 0 bridgehead atoms. The smallest absolute Gasteiger partial charge is 0.475 e. The van der Waals surface area contributed by atoms with E-state index >= 15 is 0 Å². The van der Waals surface area contributed by atoms with Gasteiger partial charge in [0.2, 0.25) is 5.91 Å². The van der Waals surface area contributed by atoms with Crippen LogP contribution in [0.1, 0.15) is 39.3 Å². The molecule has 4 rings (SSSR count). The fourth-order valence-corrected chi connectivity index (χ4v) is 5.08. The summed E-state index contributed by atoms with van der Waals surface area (Å²) in [6.45, 7) is 3.03. The quantitative estimate of drug-likeness (QED) is 0.183. The van der Waals surface area contributed by atoms with Gasteiger partial charge in [-0.3, -0.25) is 24.4 Å². The highest BCUT2D eigenvalue weighted by atomic mass is 35.5. The fraction of sp³-hybridized carbons (Fsp3) is 0.323. The third-order valence-corrected chi connectivity index (χ3v) is 7.44. The zero-order valence-electron chi connectivity index (χ0n) is 25.9. The Morgan fingerprint density at radius 3 is 2.27 bits per heavy atom. The Hall–Kier alpha value is -4.44. The minimum atomic E-state index is -5.08. The average Bonchev–Trinajstić information content (AvgIpc) is 3.46. The summed E-state index contributed by atoms with van der Waals surface area (Å²) in [5, 5.41) is 22.8. The van der Waals surface area contributed by atoms with Gasteiger partial charge in [-0.25, -0.2) is 4.79 Å². The number of likely N-dealkylation sites (tertiary alicyclic amines) is 1. The number of anilines is 2. The number of amides is 3. The van der Waals surface area contributed by atoms with Crippen molar-refractivity contribution in [2.75, 3.05) is 44.4 Å². The van der Waals surface area contributed by atoms with E-state index in [1.165, 1.54) is 6.20 Å². The van der Waals surface area contributed by atoms with E-state index in [1.807, 2.05) is 49.3 Å². The molecule has 17 heteroatoms. The molecule has 12 nitrogen and oxygen atoms in total. The normalized spacial score (nSPS) is 13.9. The van der Waals surface area contributed by atoms with Crippen molar-refractivity contribution in [2.45, 2.75) is 31.6 Å². The van der Waals surface area contributed by atoms with Crippen LogP contribution in [-0.2, 0) is 16.1 Å². The number of hydrogen-bond donors (Lipinski definition) is 5. The van der Waals surface area contributed by atoms with Gasteiger partial charge in [0.15, 0.2) is 0 Å². The van der Waals surface area contributed by atoms with Gasteiger partial charge in [0.1, 0.15) is 5.69 Å². The summed E-state index contributed by atoms with van der Waals surface area (Å²) in [6, 6.07) is 12.6. The SMILES string of the molecule is CN(C)C/C=C/C(=O)Nc1cccc(CN2CCC(NC(=O)c3[nH]ncc3NC(=O)c3c(Cl)cccc3Cl)CC2)c1.O=C(O)C(F)(F)F. The molecule has 0 spiro atoms. The Labute approximate surface area is 284 Å². The standard InChI is InChI=1S/C29H33Cl2N7O3.C2HF3O2/c1-37(2)13-5-10-25(39)33-21-7-3-6-19(16-21)18-38-14-11-20(12-15-38)34-29(41)27-24(17-32-36-27)35-28(40)26-22(30)8-4-9-23(26)31;3-2(4,5)1(6)7/h3-10,16-17,20H,11-15,18H2,1-2H3,(H,32,36)(H,33,39)(H,34,41)(H,35,40);(H,6,7)/b10-5+;. The third kappa shape index (κ3) is 12.0. The monoisotopic (exact) mass is 711 g/mol. The van der Waals surface area contributed by atoms with Gasteiger partial charge in [-0.2, -0.15) is 18.3 Å². The van der Waals surface area contributed by atoms with Gasteiger partial charge in [0.25, 0.3) is 11.8 Å². The minimum absolute atomic E-state index is 0.0248. The van der Waals surface area contributed by atoms with Crippen molar-refractivity contribution in [1.29, 1.82) is 0 Å².